The molecule has 1 heterocycles. The predicted molar refractivity (Wildman–Crippen MR) is 99.4 cm³/mol. The fourth-order valence-electron chi connectivity index (χ4n) is 2.90. The van der Waals surface area contributed by atoms with E-state index in [0.29, 0.717) is 18.7 Å². The molecule has 1 amide bonds. The minimum Gasteiger partial charge on any atom is -0.322 e. The van der Waals surface area contributed by atoms with E-state index in [1.807, 2.05) is 6.07 Å². The monoisotopic (exact) mass is 396 g/mol. The van der Waals surface area contributed by atoms with Gasteiger partial charge in [0.1, 0.15) is 5.82 Å². The molecule has 26 heavy (non-hydrogen) atoms. The highest BCUT2D eigenvalue weighted by atomic mass is 35.5. The van der Waals surface area contributed by atoms with E-state index in [4.69, 9.17) is 11.6 Å². The van der Waals surface area contributed by atoms with E-state index in [2.05, 4.69) is 5.32 Å². The van der Waals surface area contributed by atoms with E-state index < -0.39 is 21.7 Å². The minimum atomic E-state index is -3.26. The zero-order valence-electron chi connectivity index (χ0n) is 14.1. The Balaban J connectivity index is 1.81. The summed E-state index contributed by atoms with van der Waals surface area (Å²) in [7, 11) is -3.26. The van der Waals surface area contributed by atoms with Crippen LogP contribution in [0, 0.1) is 5.82 Å². The van der Waals surface area contributed by atoms with Crippen LogP contribution in [0.25, 0.3) is 0 Å². The molecule has 1 aliphatic heterocycles. The van der Waals surface area contributed by atoms with Crippen molar-refractivity contribution in [3.63, 3.8) is 0 Å². The van der Waals surface area contributed by atoms with E-state index in [0.717, 1.165) is 17.2 Å². The molecule has 0 aliphatic carbocycles. The lowest BCUT2D eigenvalue weighted by molar-refractivity contribution is 0.102. The van der Waals surface area contributed by atoms with Gasteiger partial charge in [-0.05, 0) is 54.8 Å². The van der Waals surface area contributed by atoms with Crippen LogP contribution >= 0.6 is 11.6 Å². The molecule has 3 rings (SSSR count). The van der Waals surface area contributed by atoms with Crippen LogP contribution in [0.1, 0.15) is 28.4 Å². The summed E-state index contributed by atoms with van der Waals surface area (Å²) < 4.78 is 38.8. The van der Waals surface area contributed by atoms with Gasteiger partial charge in [0, 0.05) is 18.8 Å². The minimum absolute atomic E-state index is 0.0284. The topological polar surface area (TPSA) is 66.5 Å². The van der Waals surface area contributed by atoms with Crippen molar-refractivity contribution in [1.29, 1.82) is 0 Å². The van der Waals surface area contributed by atoms with E-state index in [-0.39, 0.29) is 22.9 Å². The molecule has 0 saturated heterocycles. The lowest BCUT2D eigenvalue weighted by Crippen LogP contribution is -2.36. The Kier molecular flexibility index (Phi) is 5.32. The number of anilines is 1. The summed E-state index contributed by atoms with van der Waals surface area (Å²) in [4.78, 5) is 12.4. The second-order valence-corrected chi connectivity index (χ2v) is 8.71. The van der Waals surface area contributed by atoms with Gasteiger partial charge in [-0.15, -0.1) is 0 Å². The van der Waals surface area contributed by atoms with Crippen molar-refractivity contribution in [2.24, 2.45) is 0 Å². The summed E-state index contributed by atoms with van der Waals surface area (Å²) in [6, 6.07) is 8.98. The Bertz CT molecular complexity index is 963. The molecule has 0 unspecified atom stereocenters. The first-order valence-electron chi connectivity index (χ1n) is 8.16. The Morgan fingerprint density at radius 3 is 2.69 bits per heavy atom. The molecule has 2 aromatic carbocycles. The number of halogens is 2. The normalized spacial score (nSPS) is 14.7. The number of amides is 1. The summed E-state index contributed by atoms with van der Waals surface area (Å²) in [5, 5.41) is 2.75. The summed E-state index contributed by atoms with van der Waals surface area (Å²) in [5.41, 5.74) is 2.62. The summed E-state index contributed by atoms with van der Waals surface area (Å²) >= 11 is 5.92. The molecule has 0 spiro atoms. The first kappa shape index (κ1) is 18.8. The number of sulfonamides is 1. The third kappa shape index (κ3) is 3.90. The van der Waals surface area contributed by atoms with Crippen molar-refractivity contribution >= 4 is 33.2 Å². The van der Waals surface area contributed by atoms with E-state index in [1.54, 1.807) is 19.1 Å². The van der Waals surface area contributed by atoms with Crippen LogP contribution in [0.2, 0.25) is 5.02 Å². The highest BCUT2D eigenvalue weighted by Crippen LogP contribution is 2.25. The molecule has 0 bridgehead atoms. The number of fused-ring (bicyclic) bond motifs is 1. The molecule has 0 atom stereocenters. The average molecular weight is 397 g/mol. The van der Waals surface area contributed by atoms with Crippen LogP contribution in [0.4, 0.5) is 10.1 Å². The Labute approximate surface area is 156 Å². The molecule has 5 nitrogen and oxygen atoms in total. The van der Waals surface area contributed by atoms with Crippen LogP contribution in [0.15, 0.2) is 36.4 Å². The number of hydrogen-bond acceptors (Lipinski definition) is 3. The molecule has 0 saturated carbocycles. The van der Waals surface area contributed by atoms with E-state index in [1.165, 1.54) is 16.4 Å². The number of carbonyl (C=O) groups excluding carboxylic acids is 1. The van der Waals surface area contributed by atoms with Gasteiger partial charge in [-0.2, -0.15) is 4.31 Å². The maximum absolute atomic E-state index is 13.1. The molecular weight excluding hydrogens is 379 g/mol. The van der Waals surface area contributed by atoms with Gasteiger partial charge in [-0.25, -0.2) is 12.8 Å². The van der Waals surface area contributed by atoms with Gasteiger partial charge < -0.3 is 5.32 Å². The molecular formula is C18H18ClFN2O3S. The summed E-state index contributed by atoms with van der Waals surface area (Å²) in [5.74, 6) is -0.914. The number of benzene rings is 2. The van der Waals surface area contributed by atoms with Crippen molar-refractivity contribution in [2.75, 3.05) is 17.6 Å². The summed E-state index contributed by atoms with van der Waals surface area (Å²) in [6.45, 7) is 2.36. The van der Waals surface area contributed by atoms with Crippen molar-refractivity contribution < 1.29 is 17.6 Å². The van der Waals surface area contributed by atoms with E-state index >= 15 is 0 Å². The van der Waals surface area contributed by atoms with E-state index in [9.17, 15) is 17.6 Å². The first-order chi connectivity index (χ1) is 12.3. The highest BCUT2D eigenvalue weighted by molar-refractivity contribution is 7.89. The molecule has 0 aromatic heterocycles. The second kappa shape index (κ2) is 7.34. The maximum Gasteiger partial charge on any atom is 0.257 e. The molecule has 2 aromatic rings. The highest BCUT2D eigenvalue weighted by Gasteiger charge is 2.25. The Hall–Kier alpha value is -1.96. The zero-order valence-corrected chi connectivity index (χ0v) is 15.7. The maximum atomic E-state index is 13.1. The first-order valence-corrected chi connectivity index (χ1v) is 10.1. The molecule has 1 aliphatic rings. The SMILES string of the molecule is CCS(=O)(=O)N1CCc2ccc(NC(=O)c3ccc(F)cc3Cl)cc2C1. The van der Waals surface area contributed by atoms with Crippen molar-refractivity contribution in [3.8, 4) is 0 Å². The molecule has 1 N–H and O–H groups in total. The van der Waals surface area contributed by atoms with Crippen molar-refractivity contribution in [2.45, 2.75) is 19.9 Å². The largest absolute Gasteiger partial charge is 0.322 e. The van der Waals surface area contributed by atoms with Crippen LogP contribution in [0.3, 0.4) is 0 Å². The molecule has 0 radical (unpaired) electrons. The van der Waals surface area contributed by atoms with Crippen molar-refractivity contribution in [3.05, 3.63) is 63.9 Å². The number of rotatable bonds is 4. The van der Waals surface area contributed by atoms with Crippen LogP contribution in [-0.2, 0) is 23.0 Å². The fraction of sp³-hybridized carbons (Fsp3) is 0.278. The number of carbonyl (C=O) groups is 1. The number of nitrogens with one attached hydrogen (secondary N) is 1. The van der Waals surface area contributed by atoms with Gasteiger partial charge in [-0.1, -0.05) is 17.7 Å². The van der Waals surface area contributed by atoms with Crippen molar-refractivity contribution in [1.82, 2.24) is 4.31 Å². The molecule has 138 valence electrons. The Morgan fingerprint density at radius 1 is 1.23 bits per heavy atom. The fourth-order valence-corrected chi connectivity index (χ4v) is 4.22. The third-order valence-electron chi connectivity index (χ3n) is 4.38. The Morgan fingerprint density at radius 2 is 2.00 bits per heavy atom. The molecule has 0 fully saturated rings. The van der Waals surface area contributed by atoms with Crippen LogP contribution in [-0.4, -0.2) is 30.9 Å². The predicted octanol–water partition coefficient (Wildman–Crippen LogP) is 3.44. The van der Waals surface area contributed by atoms with Gasteiger partial charge in [0.2, 0.25) is 10.0 Å². The molecule has 8 heteroatoms. The third-order valence-corrected chi connectivity index (χ3v) is 6.52. The number of nitrogens with zero attached hydrogens (tertiary/aromatic N) is 1. The van der Waals surface area contributed by atoms with Gasteiger partial charge >= 0.3 is 0 Å². The average Bonchev–Trinajstić information content (AvgIpc) is 2.61. The van der Waals surface area contributed by atoms with Gasteiger partial charge in [0.25, 0.3) is 5.91 Å². The lowest BCUT2D eigenvalue weighted by Gasteiger charge is -2.28. The lowest BCUT2D eigenvalue weighted by atomic mass is 10.0. The zero-order chi connectivity index (χ0) is 18.9. The smallest absolute Gasteiger partial charge is 0.257 e. The standard InChI is InChI=1S/C18H18ClFN2O3S/c1-2-26(24,25)22-8-7-12-3-5-15(9-13(12)11-22)21-18(23)16-6-4-14(20)10-17(16)19/h3-6,9-10H,2,7-8,11H2,1H3,(H,21,23). The quantitative estimate of drug-likeness (QED) is 0.860. The second-order valence-electron chi connectivity index (χ2n) is 6.05. The van der Waals surface area contributed by atoms with Gasteiger partial charge in [0.05, 0.1) is 16.3 Å². The van der Waals surface area contributed by atoms with Crippen LogP contribution < -0.4 is 5.32 Å². The summed E-state index contributed by atoms with van der Waals surface area (Å²) in [6.07, 6.45) is 0.632. The van der Waals surface area contributed by atoms with Gasteiger partial charge in [0.15, 0.2) is 0 Å². The van der Waals surface area contributed by atoms with Crippen LogP contribution in [0.5, 0.6) is 0 Å². The van der Waals surface area contributed by atoms with Gasteiger partial charge in [-0.3, -0.25) is 4.79 Å². The number of hydrogen-bond donors (Lipinski definition) is 1.